The van der Waals surface area contributed by atoms with Gasteiger partial charge < -0.3 is 15.6 Å². The van der Waals surface area contributed by atoms with Gasteiger partial charge in [-0.25, -0.2) is 0 Å². The van der Waals surface area contributed by atoms with Crippen molar-refractivity contribution in [2.75, 3.05) is 5.32 Å². The number of benzene rings is 2. The minimum atomic E-state index is -0.849. The Morgan fingerprint density at radius 2 is 1.84 bits per heavy atom. The third-order valence-corrected chi connectivity index (χ3v) is 5.15. The molecule has 3 rings (SSSR count). The van der Waals surface area contributed by atoms with Crippen molar-refractivity contribution in [1.82, 2.24) is 0 Å². The van der Waals surface area contributed by atoms with Crippen molar-refractivity contribution in [2.45, 2.75) is 43.6 Å². The Kier molecular flexibility index (Phi) is 5.61. The summed E-state index contributed by atoms with van der Waals surface area (Å²) in [6.45, 7) is 0. The summed E-state index contributed by atoms with van der Waals surface area (Å²) < 4.78 is 0. The number of nitrogens with zero attached hydrogens (tertiary/aromatic N) is 1. The summed E-state index contributed by atoms with van der Waals surface area (Å²) in [5.74, 6) is 0.833. The molecule has 2 aromatic rings. The molecule has 0 amide bonds. The van der Waals surface area contributed by atoms with E-state index in [0.717, 1.165) is 18.5 Å². The number of rotatable bonds is 4. The number of nitrogens with one attached hydrogen (secondary N) is 1. The fraction of sp³-hybridized carbons (Fsp3) is 0.350. The maximum absolute atomic E-state index is 10.9. The first-order chi connectivity index (χ1) is 12.1. The molecule has 1 fully saturated rings. The van der Waals surface area contributed by atoms with E-state index < -0.39 is 5.60 Å². The fourth-order valence-corrected chi connectivity index (χ4v) is 3.73. The highest BCUT2D eigenvalue weighted by atomic mass is 35.5. The summed E-state index contributed by atoms with van der Waals surface area (Å²) in [7, 11) is 0. The Labute approximate surface area is 153 Å². The summed E-state index contributed by atoms with van der Waals surface area (Å²) in [6, 6.07) is 17.6. The van der Waals surface area contributed by atoms with E-state index in [1.165, 1.54) is 5.56 Å². The number of aliphatic hydroxyl groups is 1. The zero-order chi connectivity index (χ0) is 17.7. The van der Waals surface area contributed by atoms with E-state index >= 15 is 0 Å². The predicted octanol–water partition coefficient (Wildman–Crippen LogP) is 5.02. The Hall–Kier alpha value is -2.04. The van der Waals surface area contributed by atoms with Gasteiger partial charge in [-0.3, -0.25) is 0 Å². The van der Waals surface area contributed by atoms with Crippen LogP contribution in [0.3, 0.4) is 0 Å². The number of anilines is 1. The van der Waals surface area contributed by atoms with E-state index in [1.54, 1.807) is 12.1 Å². The van der Waals surface area contributed by atoms with Gasteiger partial charge in [0.2, 0.25) is 0 Å². The number of oxime groups is 1. The third kappa shape index (κ3) is 4.74. The van der Waals surface area contributed by atoms with Crippen LogP contribution in [-0.2, 0) is 0 Å². The molecule has 2 aromatic carbocycles. The SMILES string of the molecule is O/N=C(/CC1(O)CCC(c2ccccc2)CC1)Nc1cccc(Cl)c1. The maximum atomic E-state index is 10.9. The first-order valence-corrected chi connectivity index (χ1v) is 8.97. The van der Waals surface area contributed by atoms with E-state index in [0.29, 0.717) is 29.6 Å². The molecule has 0 aromatic heterocycles. The summed E-state index contributed by atoms with van der Waals surface area (Å²) >= 11 is 5.97. The van der Waals surface area contributed by atoms with Gasteiger partial charge >= 0.3 is 0 Å². The second-order valence-corrected chi connectivity index (χ2v) is 7.20. The first-order valence-electron chi connectivity index (χ1n) is 8.59. The molecule has 0 saturated heterocycles. The third-order valence-electron chi connectivity index (χ3n) is 4.92. The minimum Gasteiger partial charge on any atom is -0.409 e. The molecule has 0 radical (unpaired) electrons. The Balaban J connectivity index is 1.60. The summed E-state index contributed by atoms with van der Waals surface area (Å²) in [5, 5.41) is 27.2. The van der Waals surface area contributed by atoms with Crippen molar-refractivity contribution in [3.8, 4) is 0 Å². The van der Waals surface area contributed by atoms with Crippen LogP contribution in [0.25, 0.3) is 0 Å². The molecule has 5 heteroatoms. The molecule has 0 heterocycles. The van der Waals surface area contributed by atoms with Crippen LogP contribution in [0.1, 0.15) is 43.6 Å². The molecular formula is C20H23ClN2O2. The zero-order valence-corrected chi connectivity index (χ0v) is 14.8. The van der Waals surface area contributed by atoms with E-state index in [9.17, 15) is 10.3 Å². The summed E-state index contributed by atoms with van der Waals surface area (Å²) in [5.41, 5.74) is 1.22. The van der Waals surface area contributed by atoms with Crippen LogP contribution < -0.4 is 5.32 Å². The summed E-state index contributed by atoms with van der Waals surface area (Å²) in [4.78, 5) is 0. The van der Waals surface area contributed by atoms with Gasteiger partial charge in [0.1, 0.15) is 5.84 Å². The van der Waals surface area contributed by atoms with Crippen molar-refractivity contribution in [3.05, 3.63) is 65.2 Å². The molecule has 3 N–H and O–H groups in total. The van der Waals surface area contributed by atoms with Crippen molar-refractivity contribution in [2.24, 2.45) is 5.16 Å². The molecule has 0 aliphatic heterocycles. The molecule has 0 atom stereocenters. The average molecular weight is 359 g/mol. The molecule has 1 aliphatic carbocycles. The van der Waals surface area contributed by atoms with Crippen LogP contribution in [0, 0.1) is 0 Å². The van der Waals surface area contributed by atoms with Crippen LogP contribution in [0.4, 0.5) is 5.69 Å². The van der Waals surface area contributed by atoms with Gasteiger partial charge in [0.15, 0.2) is 0 Å². The second kappa shape index (κ2) is 7.89. The van der Waals surface area contributed by atoms with Gasteiger partial charge in [-0.05, 0) is 55.4 Å². The molecule has 1 saturated carbocycles. The Morgan fingerprint density at radius 1 is 1.12 bits per heavy atom. The first kappa shape index (κ1) is 17.8. The van der Waals surface area contributed by atoms with Crippen molar-refractivity contribution in [1.29, 1.82) is 0 Å². The smallest absolute Gasteiger partial charge is 0.148 e. The van der Waals surface area contributed by atoms with Gasteiger partial charge in [0.25, 0.3) is 0 Å². The van der Waals surface area contributed by atoms with Crippen LogP contribution in [0.15, 0.2) is 59.8 Å². The second-order valence-electron chi connectivity index (χ2n) is 6.77. The van der Waals surface area contributed by atoms with E-state index in [4.69, 9.17) is 11.6 Å². The van der Waals surface area contributed by atoms with Gasteiger partial charge in [-0.2, -0.15) is 0 Å². The lowest BCUT2D eigenvalue weighted by molar-refractivity contribution is 0.00539. The zero-order valence-electron chi connectivity index (χ0n) is 14.0. The maximum Gasteiger partial charge on any atom is 0.148 e. The molecule has 132 valence electrons. The van der Waals surface area contributed by atoms with E-state index in [2.05, 4.69) is 34.7 Å². The van der Waals surface area contributed by atoms with Crippen molar-refractivity contribution < 1.29 is 10.3 Å². The highest BCUT2D eigenvalue weighted by Gasteiger charge is 2.35. The molecule has 25 heavy (non-hydrogen) atoms. The van der Waals surface area contributed by atoms with Crippen LogP contribution in [0.2, 0.25) is 5.02 Å². The highest BCUT2D eigenvalue weighted by Crippen LogP contribution is 2.39. The molecule has 0 unspecified atom stereocenters. The molecule has 1 aliphatic rings. The van der Waals surface area contributed by atoms with Gasteiger partial charge in [0, 0.05) is 17.1 Å². The highest BCUT2D eigenvalue weighted by molar-refractivity contribution is 6.30. The molecule has 0 bridgehead atoms. The lowest BCUT2D eigenvalue weighted by Crippen LogP contribution is -2.37. The predicted molar refractivity (Wildman–Crippen MR) is 102 cm³/mol. The molecular weight excluding hydrogens is 336 g/mol. The largest absolute Gasteiger partial charge is 0.409 e. The lowest BCUT2D eigenvalue weighted by Gasteiger charge is -2.36. The number of amidine groups is 1. The summed E-state index contributed by atoms with van der Waals surface area (Å²) in [6.07, 6.45) is 3.51. The van der Waals surface area contributed by atoms with Crippen molar-refractivity contribution in [3.63, 3.8) is 0 Å². The van der Waals surface area contributed by atoms with Gasteiger partial charge in [-0.1, -0.05) is 53.2 Å². The average Bonchev–Trinajstić information content (AvgIpc) is 2.62. The fourth-order valence-electron chi connectivity index (χ4n) is 3.54. The monoisotopic (exact) mass is 358 g/mol. The van der Waals surface area contributed by atoms with Gasteiger partial charge in [0.05, 0.1) is 5.60 Å². The van der Waals surface area contributed by atoms with Crippen LogP contribution in [-0.4, -0.2) is 21.8 Å². The quantitative estimate of drug-likeness (QED) is 0.311. The number of hydrogen-bond donors (Lipinski definition) is 3. The van der Waals surface area contributed by atoms with E-state index in [1.807, 2.05) is 18.2 Å². The standard InChI is InChI=1S/C20H23ClN2O2/c21-17-7-4-8-18(13-17)22-19(23-25)14-20(24)11-9-16(10-12-20)15-5-2-1-3-6-15/h1-8,13,16,24-25H,9-12,14H2,(H,22,23). The minimum absolute atomic E-state index is 0.289. The van der Waals surface area contributed by atoms with Crippen LogP contribution >= 0.6 is 11.6 Å². The van der Waals surface area contributed by atoms with Crippen LogP contribution in [0.5, 0.6) is 0 Å². The van der Waals surface area contributed by atoms with Gasteiger partial charge in [-0.15, -0.1) is 0 Å². The number of hydrogen-bond acceptors (Lipinski definition) is 3. The molecule has 4 nitrogen and oxygen atoms in total. The van der Waals surface area contributed by atoms with E-state index in [-0.39, 0.29) is 6.42 Å². The lowest BCUT2D eigenvalue weighted by atomic mass is 9.74. The Bertz CT molecular complexity index is 725. The molecule has 0 spiro atoms. The number of halogens is 1. The Morgan fingerprint density at radius 3 is 2.48 bits per heavy atom. The normalized spacial score (nSPS) is 24.1. The topological polar surface area (TPSA) is 64.9 Å². The van der Waals surface area contributed by atoms with Crippen molar-refractivity contribution >= 4 is 23.1 Å².